The summed E-state index contributed by atoms with van der Waals surface area (Å²) in [6.45, 7) is 1.56. The molecule has 1 aliphatic rings. The Morgan fingerprint density at radius 2 is 1.97 bits per heavy atom. The van der Waals surface area contributed by atoms with Crippen LogP contribution in [0.1, 0.15) is 49.6 Å². The molecule has 0 aliphatic heterocycles. The Hall–Kier alpha value is -3.81. The summed E-state index contributed by atoms with van der Waals surface area (Å²) in [4.78, 5) is 44.9. The van der Waals surface area contributed by atoms with E-state index in [4.69, 9.17) is 4.74 Å². The highest BCUT2D eigenvalue weighted by Gasteiger charge is 2.23. The summed E-state index contributed by atoms with van der Waals surface area (Å²) in [6.07, 6.45) is 5.18. The molecule has 0 saturated heterocycles. The number of hydrogen-bond acceptors (Lipinski definition) is 8. The van der Waals surface area contributed by atoms with Crippen LogP contribution in [0.15, 0.2) is 41.5 Å². The molecule has 10 heteroatoms. The Kier molecular flexibility index (Phi) is 6.67. The van der Waals surface area contributed by atoms with Crippen molar-refractivity contribution in [2.75, 3.05) is 5.32 Å². The van der Waals surface area contributed by atoms with E-state index in [-0.39, 0.29) is 13.2 Å². The van der Waals surface area contributed by atoms with Gasteiger partial charge in [-0.15, -0.1) is 22.7 Å². The molecule has 4 aromatic rings. The molecule has 0 bridgehead atoms. The molecule has 0 spiro atoms. The van der Waals surface area contributed by atoms with Crippen LogP contribution in [0, 0.1) is 18.3 Å². The van der Waals surface area contributed by atoms with Gasteiger partial charge < -0.3 is 10.1 Å². The van der Waals surface area contributed by atoms with Gasteiger partial charge in [-0.3, -0.25) is 14.2 Å². The fourth-order valence-electron chi connectivity index (χ4n) is 4.35. The Bertz CT molecular complexity index is 1580. The highest BCUT2D eigenvalue weighted by atomic mass is 32.1. The molecule has 3 heterocycles. The third-order valence-corrected chi connectivity index (χ3v) is 8.55. The van der Waals surface area contributed by atoms with Gasteiger partial charge >= 0.3 is 5.97 Å². The second-order valence-corrected chi connectivity index (χ2v) is 10.7. The van der Waals surface area contributed by atoms with E-state index in [1.54, 1.807) is 6.92 Å². The van der Waals surface area contributed by atoms with Gasteiger partial charge in [0.25, 0.3) is 5.56 Å². The number of rotatable bonds is 6. The monoisotopic (exact) mass is 518 g/mol. The van der Waals surface area contributed by atoms with Crippen molar-refractivity contribution in [3.63, 3.8) is 0 Å². The Morgan fingerprint density at radius 3 is 2.75 bits per heavy atom. The number of carbonyl (C=O) groups excluding carboxylic acids is 2. The maximum atomic E-state index is 13.2. The molecule has 0 saturated carbocycles. The van der Waals surface area contributed by atoms with Crippen LogP contribution in [0.3, 0.4) is 0 Å². The number of hydrogen-bond donors (Lipinski definition) is 1. The summed E-state index contributed by atoms with van der Waals surface area (Å²) in [5.74, 6) is -0.933. The topological polar surface area (TPSA) is 114 Å². The third-order valence-electron chi connectivity index (χ3n) is 6.17. The smallest absolute Gasteiger partial charge is 0.349 e. The molecule has 1 N–H and O–H groups in total. The van der Waals surface area contributed by atoms with Gasteiger partial charge in [0.2, 0.25) is 5.91 Å². The molecule has 0 unspecified atom stereocenters. The number of benzene rings is 1. The number of aryl methyl sites for hydroxylation is 2. The van der Waals surface area contributed by atoms with E-state index in [0.29, 0.717) is 31.2 Å². The summed E-state index contributed by atoms with van der Waals surface area (Å²) >= 11 is 2.53. The number of aromatic nitrogens is 2. The SMILES string of the molecule is Cc1c(C(=O)OCc2ccccc2)sc2ncn(CC(=O)Nc3sc4c(c3C#N)CCCC4)c(=O)c12. The molecule has 5 rings (SSSR count). The van der Waals surface area contributed by atoms with Crippen molar-refractivity contribution >= 4 is 49.8 Å². The number of ether oxygens (including phenoxy) is 1. The van der Waals surface area contributed by atoms with Crippen molar-refractivity contribution < 1.29 is 14.3 Å². The lowest BCUT2D eigenvalue weighted by Crippen LogP contribution is -2.27. The third kappa shape index (κ3) is 4.55. The lowest BCUT2D eigenvalue weighted by atomic mass is 9.96. The standard InChI is InChI=1S/C26H22N4O4S2/c1-15-21-24(36-22(15)26(33)34-13-16-7-3-2-4-8-16)28-14-30(25(21)32)12-20(31)29-23-18(11-27)17-9-5-6-10-19(17)35-23/h2-4,7-8,14H,5-6,9-10,12-13H2,1H3,(H,29,31). The van der Waals surface area contributed by atoms with Crippen molar-refractivity contribution in [2.45, 2.75) is 45.8 Å². The van der Waals surface area contributed by atoms with Crippen LogP contribution < -0.4 is 10.9 Å². The van der Waals surface area contributed by atoms with Crippen LogP contribution in [-0.4, -0.2) is 21.4 Å². The minimum absolute atomic E-state index is 0.127. The number of esters is 1. The quantitative estimate of drug-likeness (QED) is 0.374. The number of nitrogens with zero attached hydrogens (tertiary/aromatic N) is 3. The number of nitrogens with one attached hydrogen (secondary N) is 1. The predicted octanol–water partition coefficient (Wildman–Crippen LogP) is 4.57. The highest BCUT2D eigenvalue weighted by Crippen LogP contribution is 2.37. The summed E-state index contributed by atoms with van der Waals surface area (Å²) in [5.41, 5.74) is 2.50. The zero-order chi connectivity index (χ0) is 25.2. The van der Waals surface area contributed by atoms with Crippen molar-refractivity contribution in [3.05, 3.63) is 79.0 Å². The molecule has 0 radical (unpaired) electrons. The molecule has 36 heavy (non-hydrogen) atoms. The van der Waals surface area contributed by atoms with Gasteiger partial charge in [-0.05, 0) is 49.3 Å². The summed E-state index contributed by atoms with van der Waals surface area (Å²) in [5, 5.41) is 13.3. The Balaban J connectivity index is 1.34. The first-order valence-corrected chi connectivity index (χ1v) is 13.1. The second kappa shape index (κ2) is 10.0. The second-order valence-electron chi connectivity index (χ2n) is 8.55. The van der Waals surface area contributed by atoms with Crippen LogP contribution in [0.2, 0.25) is 0 Å². The van der Waals surface area contributed by atoms with Crippen LogP contribution in [-0.2, 0) is 35.5 Å². The number of carbonyl (C=O) groups is 2. The van der Waals surface area contributed by atoms with Crippen molar-refractivity contribution in [3.8, 4) is 6.07 Å². The number of nitriles is 1. The van der Waals surface area contributed by atoms with E-state index < -0.39 is 17.4 Å². The lowest BCUT2D eigenvalue weighted by molar-refractivity contribution is -0.116. The van der Waals surface area contributed by atoms with E-state index in [9.17, 15) is 19.6 Å². The summed E-state index contributed by atoms with van der Waals surface area (Å²) in [7, 11) is 0. The number of anilines is 1. The number of thiophene rings is 2. The lowest BCUT2D eigenvalue weighted by Gasteiger charge is -2.09. The Labute approximate surface area is 214 Å². The molecular weight excluding hydrogens is 496 g/mol. The number of amides is 1. The van der Waals surface area contributed by atoms with E-state index in [0.717, 1.165) is 53.0 Å². The largest absolute Gasteiger partial charge is 0.457 e. The number of fused-ring (bicyclic) bond motifs is 2. The fraction of sp³-hybridized carbons (Fsp3) is 0.269. The zero-order valence-corrected chi connectivity index (χ0v) is 21.1. The minimum Gasteiger partial charge on any atom is -0.457 e. The average Bonchev–Trinajstić information content (AvgIpc) is 3.41. The van der Waals surface area contributed by atoms with Crippen LogP contribution >= 0.6 is 22.7 Å². The van der Waals surface area contributed by atoms with Gasteiger partial charge in [0.1, 0.15) is 33.9 Å². The van der Waals surface area contributed by atoms with E-state index in [1.165, 1.54) is 22.2 Å². The molecule has 1 amide bonds. The van der Waals surface area contributed by atoms with E-state index in [1.807, 2.05) is 30.3 Å². The van der Waals surface area contributed by atoms with Crippen LogP contribution in [0.5, 0.6) is 0 Å². The van der Waals surface area contributed by atoms with Gasteiger partial charge in [0, 0.05) is 4.88 Å². The first kappa shape index (κ1) is 23.9. The van der Waals surface area contributed by atoms with Gasteiger partial charge in [0.05, 0.1) is 17.3 Å². The van der Waals surface area contributed by atoms with Gasteiger partial charge in [-0.2, -0.15) is 5.26 Å². The maximum Gasteiger partial charge on any atom is 0.349 e. The first-order valence-electron chi connectivity index (χ1n) is 11.5. The molecule has 0 fully saturated rings. The predicted molar refractivity (Wildman–Crippen MR) is 138 cm³/mol. The summed E-state index contributed by atoms with van der Waals surface area (Å²) < 4.78 is 6.65. The van der Waals surface area contributed by atoms with Crippen molar-refractivity contribution in [1.82, 2.24) is 9.55 Å². The molecule has 1 aliphatic carbocycles. The molecular formula is C26H22N4O4S2. The first-order chi connectivity index (χ1) is 17.5. The van der Waals surface area contributed by atoms with Crippen LogP contribution in [0.4, 0.5) is 5.00 Å². The molecule has 0 atom stereocenters. The summed E-state index contributed by atoms with van der Waals surface area (Å²) in [6, 6.07) is 11.6. The molecule has 182 valence electrons. The average molecular weight is 519 g/mol. The van der Waals surface area contributed by atoms with E-state index >= 15 is 0 Å². The zero-order valence-electron chi connectivity index (χ0n) is 19.5. The normalized spacial score (nSPS) is 12.7. The Morgan fingerprint density at radius 1 is 1.19 bits per heavy atom. The van der Waals surface area contributed by atoms with E-state index in [2.05, 4.69) is 16.4 Å². The maximum absolute atomic E-state index is 13.2. The van der Waals surface area contributed by atoms with Crippen molar-refractivity contribution in [1.29, 1.82) is 5.26 Å². The fourth-order valence-corrected chi connectivity index (χ4v) is 6.64. The molecule has 3 aromatic heterocycles. The van der Waals surface area contributed by atoms with Gasteiger partial charge in [0.15, 0.2) is 0 Å². The highest BCUT2D eigenvalue weighted by molar-refractivity contribution is 7.20. The molecule has 1 aromatic carbocycles. The molecule has 8 nitrogen and oxygen atoms in total. The van der Waals surface area contributed by atoms with Gasteiger partial charge in [-0.25, -0.2) is 9.78 Å². The van der Waals surface area contributed by atoms with Crippen molar-refractivity contribution in [2.24, 2.45) is 0 Å². The van der Waals surface area contributed by atoms with Gasteiger partial charge in [-0.1, -0.05) is 30.3 Å². The van der Waals surface area contributed by atoms with Crippen LogP contribution in [0.25, 0.3) is 10.2 Å². The minimum atomic E-state index is -0.520.